The summed E-state index contributed by atoms with van der Waals surface area (Å²) in [5, 5.41) is 13.9. The van der Waals surface area contributed by atoms with Gasteiger partial charge in [-0.2, -0.15) is 10.2 Å². The average molecular weight is 1030 g/mol. The molecule has 0 saturated heterocycles. The van der Waals surface area contributed by atoms with E-state index in [4.69, 9.17) is 4.42 Å². The van der Waals surface area contributed by atoms with Crippen LogP contribution < -0.4 is 0 Å². The summed E-state index contributed by atoms with van der Waals surface area (Å²) in [5.41, 5.74) is 4.34. The lowest BCUT2D eigenvalue weighted by molar-refractivity contribution is 0.355. The lowest BCUT2D eigenvalue weighted by Gasteiger charge is -2.18. The van der Waals surface area contributed by atoms with Crippen molar-refractivity contribution in [1.29, 1.82) is 0 Å². The molecule has 0 bridgehead atoms. The van der Waals surface area contributed by atoms with Gasteiger partial charge in [-0.05, 0) is 56.0 Å². The number of aromatic amines is 1. The number of pyridine rings is 1. The quantitative estimate of drug-likeness (QED) is 0.153. The number of hydrogen-bond acceptors (Lipinski definition) is 12. The molecule has 1 N–H and O–H groups in total. The van der Waals surface area contributed by atoms with E-state index in [9.17, 15) is 0 Å². The maximum atomic E-state index is 5.09. The Kier molecular flexibility index (Phi) is 30.2. The van der Waals surface area contributed by atoms with E-state index in [1.54, 1.807) is 48.7 Å². The third-order valence-corrected chi connectivity index (χ3v) is 10.5. The predicted octanol–water partition coefficient (Wildman–Crippen LogP) is 15.9. The van der Waals surface area contributed by atoms with Crippen LogP contribution in [0.1, 0.15) is 209 Å². The second-order valence-electron chi connectivity index (χ2n) is 23.4. The van der Waals surface area contributed by atoms with Crippen LogP contribution in [0.5, 0.6) is 0 Å². The van der Waals surface area contributed by atoms with E-state index in [1.165, 1.54) is 22.6 Å². The zero-order valence-corrected chi connectivity index (χ0v) is 46.5. The van der Waals surface area contributed by atoms with Crippen LogP contribution in [0.25, 0.3) is 5.65 Å². The molecule has 14 nitrogen and oxygen atoms in total. The average Bonchev–Trinajstić information content (AvgIpc) is 4.09. The Morgan fingerprint density at radius 2 is 1.11 bits per heavy atom. The molecule has 0 amide bonds. The van der Waals surface area contributed by atoms with Gasteiger partial charge in [0, 0.05) is 93.9 Å². The van der Waals surface area contributed by atoms with Crippen LogP contribution in [0, 0.1) is 0 Å². The van der Waals surface area contributed by atoms with Gasteiger partial charge in [0.25, 0.3) is 0 Å². The van der Waals surface area contributed by atoms with Gasteiger partial charge in [-0.3, -0.25) is 9.78 Å². The molecule has 0 radical (unpaired) electrons. The summed E-state index contributed by atoms with van der Waals surface area (Å²) in [4.78, 5) is 32.8. The van der Waals surface area contributed by atoms with Crippen molar-refractivity contribution < 1.29 is 4.42 Å². The first-order chi connectivity index (χ1) is 31.7. The van der Waals surface area contributed by atoms with Crippen molar-refractivity contribution in [3.05, 3.63) is 150 Å². The summed E-state index contributed by atoms with van der Waals surface area (Å²) in [6, 6.07) is 9.83. The van der Waals surface area contributed by atoms with Crippen molar-refractivity contribution in [2.24, 2.45) is 0 Å². The first kappa shape index (κ1) is 71.3. The number of thiazole rings is 1. The first-order valence-electron chi connectivity index (χ1n) is 23.3. The Morgan fingerprint density at radius 3 is 1.42 bits per heavy atom. The van der Waals surface area contributed by atoms with Crippen LogP contribution in [0.3, 0.4) is 0 Å². The van der Waals surface area contributed by atoms with Gasteiger partial charge in [0.2, 0.25) is 0 Å². The monoisotopic (exact) mass is 1030 g/mol. The molecule has 0 spiro atoms. The Morgan fingerprint density at radius 1 is 0.507 bits per heavy atom. The molecular weight excluding hydrogens is 927 g/mol. The zero-order valence-electron chi connectivity index (χ0n) is 45.7. The van der Waals surface area contributed by atoms with E-state index in [1.807, 2.05) is 71.4 Å². The summed E-state index contributed by atoms with van der Waals surface area (Å²) in [5.74, 6) is 2.63. The summed E-state index contributed by atoms with van der Waals surface area (Å²) in [7, 11) is 0. The fourth-order valence-electron chi connectivity index (χ4n) is 5.28. The van der Waals surface area contributed by atoms with E-state index in [2.05, 4.69) is 211 Å². The van der Waals surface area contributed by atoms with Gasteiger partial charge in [-0.25, -0.2) is 39.9 Å². The highest BCUT2D eigenvalue weighted by Crippen LogP contribution is 2.25. The number of imidazole rings is 1. The van der Waals surface area contributed by atoms with Gasteiger partial charge < -0.3 is 8.82 Å². The second kappa shape index (κ2) is 30.9. The minimum Gasteiger partial charge on any atom is -0.448 e. The number of nitrogens with zero attached hydrogens (tertiary/aromatic N) is 12. The standard InChI is InChI=1S/C11H14N2.2C8H12N2.C7H12N2.C7H11NO.C7H11NS.C6H11N3.4CH4/c1-11(2,3)9-8-12-10-6-4-5-7-13(9)10;1-8(2,3)7-4-9-6-10-5-7;1-8(2,3)7-9-5-4-6-10-7;1-7(2,3)9-6-4-5-8-9;2*1-7(2,3)6-8-4-5-9-6;1-6(2,3)5-7-4-8-9-5;;;;/h4-8H,1-3H3;2*4-6H,1-3H3;4-6H,1-3H3;2*4-5H,1-3H3;4H,1-3H3,(H,7,8,9);4*1H4. The van der Waals surface area contributed by atoms with Crippen molar-refractivity contribution in [3.63, 3.8) is 0 Å². The summed E-state index contributed by atoms with van der Waals surface area (Å²) in [6.07, 6.45) is 23.2. The van der Waals surface area contributed by atoms with Gasteiger partial charge in [0.15, 0.2) is 5.89 Å². The fraction of sp³-hybridized carbons (Fsp3) is 0.552. The molecule has 0 atom stereocenters. The van der Waals surface area contributed by atoms with Crippen LogP contribution in [-0.4, -0.2) is 64.3 Å². The molecule has 8 rings (SSSR count). The number of nitrogens with one attached hydrogen (secondary N) is 1. The Bertz CT molecular complexity index is 2280. The highest BCUT2D eigenvalue weighted by molar-refractivity contribution is 7.09. The smallest absolute Gasteiger partial charge is 0.199 e. The third-order valence-electron chi connectivity index (χ3n) is 9.31. The normalized spacial score (nSPS) is 11.2. The number of H-pyrrole nitrogens is 1. The summed E-state index contributed by atoms with van der Waals surface area (Å²) in [6.45, 7) is 44.7. The van der Waals surface area contributed by atoms with E-state index in [0.717, 1.165) is 23.2 Å². The number of oxazole rings is 1. The van der Waals surface area contributed by atoms with E-state index in [-0.39, 0.29) is 67.7 Å². The Balaban J connectivity index is -0.000000779. The first-order valence-corrected chi connectivity index (χ1v) is 24.2. The van der Waals surface area contributed by atoms with E-state index < -0.39 is 0 Å². The molecule has 0 fully saturated rings. The third kappa shape index (κ3) is 27.1. The minimum atomic E-state index is 0. The van der Waals surface area contributed by atoms with Gasteiger partial charge >= 0.3 is 0 Å². The number of fused-ring (bicyclic) bond motifs is 1. The lowest BCUT2D eigenvalue weighted by Crippen LogP contribution is -2.21. The Labute approximate surface area is 447 Å². The highest BCUT2D eigenvalue weighted by atomic mass is 32.1. The van der Waals surface area contributed by atoms with Gasteiger partial charge in [-0.15, -0.1) is 11.3 Å². The van der Waals surface area contributed by atoms with Crippen molar-refractivity contribution in [2.45, 2.75) is 213 Å². The van der Waals surface area contributed by atoms with Crippen LogP contribution in [0.15, 0.2) is 121 Å². The molecule has 0 aliphatic carbocycles. The van der Waals surface area contributed by atoms with Crippen molar-refractivity contribution in [1.82, 2.24) is 64.3 Å². The van der Waals surface area contributed by atoms with Crippen molar-refractivity contribution in [2.75, 3.05) is 0 Å². The van der Waals surface area contributed by atoms with Crippen molar-refractivity contribution in [3.8, 4) is 0 Å². The summed E-state index contributed by atoms with van der Waals surface area (Å²) >= 11 is 1.72. The van der Waals surface area contributed by atoms with Crippen LogP contribution in [-0.2, 0) is 38.0 Å². The zero-order chi connectivity index (χ0) is 52.3. The summed E-state index contributed by atoms with van der Waals surface area (Å²) < 4.78 is 9.16. The molecule has 0 saturated carbocycles. The minimum absolute atomic E-state index is 0. The lowest BCUT2D eigenvalue weighted by atomic mass is 9.89. The van der Waals surface area contributed by atoms with Gasteiger partial charge in [0.05, 0.1) is 16.7 Å². The molecular formula is C58H99N13OS. The highest BCUT2D eigenvalue weighted by Gasteiger charge is 2.20. The number of hydrogen-bond donors (Lipinski definition) is 1. The second-order valence-corrected chi connectivity index (χ2v) is 24.3. The molecule has 8 aromatic rings. The molecule has 8 aromatic heterocycles. The van der Waals surface area contributed by atoms with Gasteiger partial charge in [-0.1, -0.05) is 160 Å². The fourth-order valence-corrected chi connectivity index (χ4v) is 6.01. The molecule has 408 valence electrons. The van der Waals surface area contributed by atoms with Gasteiger partial charge in [0.1, 0.15) is 36.2 Å². The predicted molar refractivity (Wildman–Crippen MR) is 311 cm³/mol. The maximum absolute atomic E-state index is 5.09. The van der Waals surface area contributed by atoms with Crippen LogP contribution in [0.4, 0.5) is 0 Å². The van der Waals surface area contributed by atoms with Crippen molar-refractivity contribution >= 4 is 17.0 Å². The molecule has 15 heteroatoms. The molecule has 0 aliphatic heterocycles. The molecule has 8 heterocycles. The van der Waals surface area contributed by atoms with Crippen LogP contribution >= 0.6 is 11.3 Å². The number of aromatic nitrogens is 13. The van der Waals surface area contributed by atoms with E-state index >= 15 is 0 Å². The molecule has 0 aliphatic rings. The largest absolute Gasteiger partial charge is 0.448 e. The molecule has 0 unspecified atom stereocenters. The molecule has 0 aromatic carbocycles. The number of rotatable bonds is 0. The maximum Gasteiger partial charge on any atom is 0.199 e. The van der Waals surface area contributed by atoms with E-state index in [0.29, 0.717) is 0 Å². The SMILES string of the molecule is C.C.C.C.CC(C)(C)c1cnc2ccccn12.CC(C)(C)c1cncnc1.CC(C)(C)c1ncccn1.CC(C)(C)c1ncco1.CC(C)(C)c1nccs1.CC(C)(C)c1ncn[nH]1.CC(C)(C)n1cccn1. The topological polar surface area (TPSA) is 167 Å². The molecule has 73 heavy (non-hydrogen) atoms. The van der Waals surface area contributed by atoms with Crippen LogP contribution in [0.2, 0.25) is 0 Å². The Hall–Kier alpha value is -5.96.